The molecule has 0 radical (unpaired) electrons. The molecule has 1 N–H and O–H groups in total. The van der Waals surface area contributed by atoms with Crippen LogP contribution in [0.3, 0.4) is 0 Å². The predicted octanol–water partition coefficient (Wildman–Crippen LogP) is 4.66. The Kier molecular flexibility index (Phi) is 5.77. The van der Waals surface area contributed by atoms with Crippen LogP contribution in [-0.2, 0) is 24.2 Å². The number of rotatable bonds is 4. The molecule has 5 nitrogen and oxygen atoms in total. The number of hydrogen-bond donors (Lipinski definition) is 1. The van der Waals surface area contributed by atoms with Gasteiger partial charge < -0.3 is 5.32 Å². The molecule has 5 heteroatoms. The van der Waals surface area contributed by atoms with E-state index in [1.807, 2.05) is 32.0 Å². The Labute approximate surface area is 183 Å². The van der Waals surface area contributed by atoms with Crippen molar-refractivity contribution in [2.75, 3.05) is 5.32 Å². The van der Waals surface area contributed by atoms with Gasteiger partial charge in [-0.05, 0) is 87.8 Å². The Hall–Kier alpha value is -3.21. The van der Waals surface area contributed by atoms with E-state index in [0.29, 0.717) is 0 Å². The van der Waals surface area contributed by atoms with E-state index in [1.54, 1.807) is 0 Å². The average Bonchev–Trinajstić information content (AvgIpc) is 2.75. The number of fused-ring (bicyclic) bond motifs is 1. The quantitative estimate of drug-likeness (QED) is 0.674. The number of aryl methyl sites for hydroxylation is 3. The van der Waals surface area contributed by atoms with Gasteiger partial charge in [0.05, 0.1) is 5.69 Å². The van der Waals surface area contributed by atoms with Gasteiger partial charge in [-0.3, -0.25) is 9.59 Å². The van der Waals surface area contributed by atoms with E-state index in [4.69, 9.17) is 5.10 Å². The maximum Gasteiger partial charge on any atom is 0.270 e. The van der Waals surface area contributed by atoms with E-state index < -0.39 is 0 Å². The lowest BCUT2D eigenvalue weighted by molar-refractivity contribution is -0.117. The van der Waals surface area contributed by atoms with Crippen LogP contribution in [0, 0.1) is 27.7 Å². The fourth-order valence-electron chi connectivity index (χ4n) is 4.31. The van der Waals surface area contributed by atoms with Gasteiger partial charge in [0.25, 0.3) is 5.56 Å². The average molecular weight is 416 g/mol. The van der Waals surface area contributed by atoms with Gasteiger partial charge in [0.2, 0.25) is 5.91 Å². The van der Waals surface area contributed by atoms with Gasteiger partial charge >= 0.3 is 0 Å². The van der Waals surface area contributed by atoms with E-state index in [1.165, 1.54) is 4.68 Å². The summed E-state index contributed by atoms with van der Waals surface area (Å²) >= 11 is 0. The maximum absolute atomic E-state index is 13.2. The van der Waals surface area contributed by atoms with Crippen molar-refractivity contribution in [1.82, 2.24) is 9.78 Å². The first kappa shape index (κ1) is 21.0. The number of carbonyl (C=O) groups excluding carboxylic acids is 1. The SMILES string of the molecule is Cc1ccc(C)c(-c2nn(CC(=O)Nc3cccc(C)c3C)c(=O)c3c2CCCC3)c1. The second-order valence-electron chi connectivity index (χ2n) is 8.59. The highest BCUT2D eigenvalue weighted by molar-refractivity contribution is 5.91. The first-order valence-corrected chi connectivity index (χ1v) is 10.9. The molecule has 1 amide bonds. The van der Waals surface area contributed by atoms with E-state index >= 15 is 0 Å². The molecule has 1 heterocycles. The fourth-order valence-corrected chi connectivity index (χ4v) is 4.31. The first-order chi connectivity index (χ1) is 14.8. The summed E-state index contributed by atoms with van der Waals surface area (Å²) in [5.41, 5.74) is 8.79. The molecule has 1 aliphatic rings. The number of anilines is 1. The minimum atomic E-state index is -0.244. The molecule has 3 aromatic rings. The lowest BCUT2D eigenvalue weighted by Crippen LogP contribution is -2.34. The Balaban J connectivity index is 1.74. The molecule has 1 aromatic heterocycles. The molecular weight excluding hydrogens is 386 g/mol. The third kappa shape index (κ3) is 4.18. The molecule has 0 aliphatic heterocycles. The zero-order valence-corrected chi connectivity index (χ0v) is 18.7. The van der Waals surface area contributed by atoms with Crippen LogP contribution in [0.1, 0.15) is 46.2 Å². The molecule has 0 atom stereocenters. The standard InChI is InChI=1S/C26H29N3O2/c1-16-12-13-18(3)22(14-16)25-20-9-5-6-10-21(20)26(31)29(28-25)15-24(30)27-23-11-7-8-17(2)19(23)4/h7-8,11-14H,5-6,9-10,15H2,1-4H3,(H,27,30). The van der Waals surface area contributed by atoms with Crippen molar-refractivity contribution in [2.45, 2.75) is 59.9 Å². The molecule has 160 valence electrons. The van der Waals surface area contributed by atoms with E-state index in [-0.39, 0.29) is 18.0 Å². The van der Waals surface area contributed by atoms with Crippen molar-refractivity contribution in [2.24, 2.45) is 0 Å². The predicted molar refractivity (Wildman–Crippen MR) is 125 cm³/mol. The summed E-state index contributed by atoms with van der Waals surface area (Å²) in [6.45, 7) is 8.01. The maximum atomic E-state index is 13.2. The van der Waals surface area contributed by atoms with Gasteiger partial charge in [-0.25, -0.2) is 4.68 Å². The van der Waals surface area contributed by atoms with Crippen LogP contribution in [0.2, 0.25) is 0 Å². The number of amides is 1. The summed E-state index contributed by atoms with van der Waals surface area (Å²) in [5, 5.41) is 7.67. The number of benzene rings is 2. The van der Waals surface area contributed by atoms with Crippen LogP contribution in [0.25, 0.3) is 11.3 Å². The van der Waals surface area contributed by atoms with Crippen LogP contribution >= 0.6 is 0 Å². The van der Waals surface area contributed by atoms with Crippen LogP contribution in [-0.4, -0.2) is 15.7 Å². The molecule has 0 spiro atoms. The van der Waals surface area contributed by atoms with Crippen LogP contribution in [0.4, 0.5) is 5.69 Å². The lowest BCUT2D eigenvalue weighted by atomic mass is 9.88. The summed E-state index contributed by atoms with van der Waals surface area (Å²) < 4.78 is 1.35. The van der Waals surface area contributed by atoms with E-state index in [9.17, 15) is 9.59 Å². The largest absolute Gasteiger partial charge is 0.324 e. The summed E-state index contributed by atoms with van der Waals surface area (Å²) in [7, 11) is 0. The number of nitrogens with one attached hydrogen (secondary N) is 1. The van der Waals surface area contributed by atoms with Crippen molar-refractivity contribution in [3.8, 4) is 11.3 Å². The minimum absolute atomic E-state index is 0.0998. The normalized spacial score (nSPS) is 13.0. The molecule has 0 unspecified atom stereocenters. The van der Waals surface area contributed by atoms with Crippen molar-refractivity contribution < 1.29 is 4.79 Å². The first-order valence-electron chi connectivity index (χ1n) is 10.9. The molecule has 31 heavy (non-hydrogen) atoms. The number of aromatic nitrogens is 2. The summed E-state index contributed by atoms with van der Waals surface area (Å²) in [4.78, 5) is 26.0. The second kappa shape index (κ2) is 8.50. The van der Waals surface area contributed by atoms with Gasteiger partial charge in [-0.2, -0.15) is 5.10 Å². The third-order valence-electron chi connectivity index (χ3n) is 6.29. The third-order valence-corrected chi connectivity index (χ3v) is 6.29. The highest BCUT2D eigenvalue weighted by atomic mass is 16.2. The molecule has 0 bridgehead atoms. The number of hydrogen-bond acceptors (Lipinski definition) is 3. The minimum Gasteiger partial charge on any atom is -0.324 e. The van der Waals surface area contributed by atoms with Gasteiger partial charge in [0, 0.05) is 16.8 Å². The van der Waals surface area contributed by atoms with Gasteiger partial charge in [-0.15, -0.1) is 0 Å². The van der Waals surface area contributed by atoms with Gasteiger partial charge in [0.1, 0.15) is 6.54 Å². The monoisotopic (exact) mass is 415 g/mol. The van der Waals surface area contributed by atoms with Crippen molar-refractivity contribution in [1.29, 1.82) is 0 Å². The topological polar surface area (TPSA) is 64.0 Å². The molecule has 4 rings (SSSR count). The lowest BCUT2D eigenvalue weighted by Gasteiger charge is -2.21. The summed E-state index contributed by atoms with van der Waals surface area (Å²) in [6, 6.07) is 12.1. The number of carbonyl (C=O) groups is 1. The van der Waals surface area contributed by atoms with Crippen molar-refractivity contribution in [3.63, 3.8) is 0 Å². The van der Waals surface area contributed by atoms with Crippen molar-refractivity contribution in [3.05, 3.63) is 80.1 Å². The van der Waals surface area contributed by atoms with E-state index in [0.717, 1.165) is 76.0 Å². The van der Waals surface area contributed by atoms with Crippen LogP contribution < -0.4 is 10.9 Å². The zero-order chi connectivity index (χ0) is 22.1. The molecule has 0 fully saturated rings. The summed E-state index contributed by atoms with van der Waals surface area (Å²) in [5.74, 6) is -0.244. The molecular formula is C26H29N3O2. The van der Waals surface area contributed by atoms with Crippen molar-refractivity contribution >= 4 is 11.6 Å². The second-order valence-corrected chi connectivity index (χ2v) is 8.59. The molecule has 1 aliphatic carbocycles. The van der Waals surface area contributed by atoms with Gasteiger partial charge in [-0.1, -0.05) is 29.8 Å². The Morgan fingerprint density at radius 3 is 2.52 bits per heavy atom. The van der Waals surface area contributed by atoms with E-state index in [2.05, 4.69) is 37.4 Å². The molecule has 0 saturated carbocycles. The zero-order valence-electron chi connectivity index (χ0n) is 18.7. The smallest absolute Gasteiger partial charge is 0.270 e. The molecule has 2 aromatic carbocycles. The molecule has 0 saturated heterocycles. The van der Waals surface area contributed by atoms with Gasteiger partial charge in [0.15, 0.2) is 0 Å². The highest BCUT2D eigenvalue weighted by Gasteiger charge is 2.23. The fraction of sp³-hybridized carbons (Fsp3) is 0.346. The Morgan fingerprint density at radius 2 is 1.74 bits per heavy atom. The van der Waals surface area contributed by atoms with Crippen LogP contribution in [0.5, 0.6) is 0 Å². The Bertz CT molecular complexity index is 1220. The highest BCUT2D eigenvalue weighted by Crippen LogP contribution is 2.30. The number of nitrogens with zero attached hydrogens (tertiary/aromatic N) is 2. The summed E-state index contributed by atoms with van der Waals surface area (Å²) in [6.07, 6.45) is 3.65. The van der Waals surface area contributed by atoms with Crippen LogP contribution in [0.15, 0.2) is 41.2 Å². The Morgan fingerprint density at radius 1 is 1.00 bits per heavy atom.